The lowest BCUT2D eigenvalue weighted by molar-refractivity contribution is -0.228. The summed E-state index contributed by atoms with van der Waals surface area (Å²) >= 11 is 0. The number of carbonyl (C=O) groups excluding carboxylic acids is 2. The first-order valence-corrected chi connectivity index (χ1v) is 2.46. The summed E-state index contributed by atoms with van der Waals surface area (Å²) in [6.07, 6.45) is 0.381. The van der Waals surface area contributed by atoms with E-state index in [2.05, 4.69) is 9.62 Å². The fraction of sp³-hybridized carbons (Fsp3) is 0.200. The van der Waals surface area contributed by atoms with Crippen LogP contribution < -0.4 is 0 Å². The van der Waals surface area contributed by atoms with Crippen LogP contribution in [0.3, 0.4) is 0 Å². The van der Waals surface area contributed by atoms with Gasteiger partial charge in [0.15, 0.2) is 0 Å². The zero-order chi connectivity index (χ0) is 8.85. The Hall–Kier alpha value is -1.56. The van der Waals surface area contributed by atoms with E-state index in [-0.39, 0.29) is 0 Å². The SMILES string of the molecule is COC(=O)/C(O)=C/C(=O)OO. The predicted molar refractivity (Wildman–Crippen MR) is 31.4 cm³/mol. The lowest BCUT2D eigenvalue weighted by Gasteiger charge is -1.94. The lowest BCUT2D eigenvalue weighted by Crippen LogP contribution is -2.07. The number of hydrogen-bond acceptors (Lipinski definition) is 6. The van der Waals surface area contributed by atoms with E-state index in [1.165, 1.54) is 0 Å². The summed E-state index contributed by atoms with van der Waals surface area (Å²) in [6, 6.07) is 0. The van der Waals surface area contributed by atoms with Crippen LogP contribution in [0.25, 0.3) is 0 Å². The summed E-state index contributed by atoms with van der Waals surface area (Å²) in [5.74, 6) is -3.28. The summed E-state index contributed by atoms with van der Waals surface area (Å²) in [5, 5.41) is 16.3. The third kappa shape index (κ3) is 3.21. The average molecular weight is 162 g/mol. The molecule has 0 heterocycles. The number of carbonyl (C=O) groups is 2. The van der Waals surface area contributed by atoms with Gasteiger partial charge in [-0.1, -0.05) is 0 Å². The fourth-order valence-corrected chi connectivity index (χ4v) is 0.301. The van der Waals surface area contributed by atoms with Crippen molar-refractivity contribution in [3.63, 3.8) is 0 Å². The third-order valence-electron chi connectivity index (χ3n) is 0.739. The van der Waals surface area contributed by atoms with Gasteiger partial charge in [0.25, 0.3) is 0 Å². The molecule has 0 amide bonds. The highest BCUT2D eigenvalue weighted by Gasteiger charge is 2.09. The maximum Gasteiger partial charge on any atom is 0.373 e. The highest BCUT2D eigenvalue weighted by atomic mass is 17.1. The van der Waals surface area contributed by atoms with E-state index in [1.807, 2.05) is 0 Å². The van der Waals surface area contributed by atoms with Crippen LogP contribution in [0.15, 0.2) is 11.8 Å². The molecule has 0 saturated carbocycles. The van der Waals surface area contributed by atoms with E-state index in [4.69, 9.17) is 10.4 Å². The average Bonchev–Trinajstić information content (AvgIpc) is 2.02. The number of ether oxygens (including phenoxy) is 1. The van der Waals surface area contributed by atoms with Crippen LogP contribution >= 0.6 is 0 Å². The molecule has 0 aromatic carbocycles. The van der Waals surface area contributed by atoms with Crippen LogP contribution in [-0.2, 0) is 19.2 Å². The van der Waals surface area contributed by atoms with E-state index >= 15 is 0 Å². The van der Waals surface area contributed by atoms with E-state index < -0.39 is 17.7 Å². The molecule has 0 radical (unpaired) electrons. The predicted octanol–water partition coefficient (Wildman–Crippen LogP) is -0.382. The number of aliphatic hydroxyl groups excluding tert-OH is 1. The van der Waals surface area contributed by atoms with E-state index in [9.17, 15) is 9.59 Å². The zero-order valence-corrected chi connectivity index (χ0v) is 5.60. The summed E-state index contributed by atoms with van der Waals surface area (Å²) in [4.78, 5) is 23.6. The van der Waals surface area contributed by atoms with E-state index in [1.54, 1.807) is 0 Å². The van der Waals surface area contributed by atoms with Gasteiger partial charge < -0.3 is 9.84 Å². The van der Waals surface area contributed by atoms with Crippen molar-refractivity contribution >= 4 is 11.9 Å². The molecule has 0 aromatic heterocycles. The number of methoxy groups -OCH3 is 1. The second-order valence-electron chi connectivity index (χ2n) is 1.43. The van der Waals surface area contributed by atoms with Crippen LogP contribution in [0.4, 0.5) is 0 Å². The Morgan fingerprint density at radius 3 is 2.36 bits per heavy atom. The normalized spacial score (nSPS) is 10.5. The molecule has 0 aliphatic carbocycles. The van der Waals surface area contributed by atoms with Gasteiger partial charge in [-0.25, -0.2) is 9.59 Å². The Bertz CT molecular complexity index is 193. The van der Waals surface area contributed by atoms with Crippen molar-refractivity contribution in [2.24, 2.45) is 0 Å². The highest BCUT2D eigenvalue weighted by Crippen LogP contribution is 1.91. The van der Waals surface area contributed by atoms with Crippen molar-refractivity contribution in [1.29, 1.82) is 0 Å². The Morgan fingerprint density at radius 2 is 2.00 bits per heavy atom. The molecule has 11 heavy (non-hydrogen) atoms. The largest absolute Gasteiger partial charge is 0.502 e. The van der Waals surface area contributed by atoms with Crippen LogP contribution in [-0.4, -0.2) is 29.4 Å². The standard InChI is InChI=1S/C5H6O6/c1-10-5(8)3(6)2-4(7)11-9/h2,6,9H,1H3/b3-2-. The van der Waals surface area contributed by atoms with Crippen molar-refractivity contribution in [1.82, 2.24) is 0 Å². The van der Waals surface area contributed by atoms with Crippen molar-refractivity contribution < 1.29 is 29.6 Å². The first-order valence-electron chi connectivity index (χ1n) is 2.46. The topological polar surface area (TPSA) is 93.1 Å². The monoisotopic (exact) mass is 162 g/mol. The Labute approximate surface area is 61.6 Å². The minimum Gasteiger partial charge on any atom is -0.502 e. The molecule has 2 N–H and O–H groups in total. The lowest BCUT2D eigenvalue weighted by atomic mass is 10.4. The Balaban J connectivity index is 4.21. The number of aliphatic hydroxyl groups is 1. The summed E-state index contributed by atoms with van der Waals surface area (Å²) in [6.45, 7) is 0. The smallest absolute Gasteiger partial charge is 0.373 e. The molecule has 0 spiro atoms. The molecule has 0 unspecified atom stereocenters. The number of rotatable bonds is 2. The molecular weight excluding hydrogens is 156 g/mol. The molecule has 0 fully saturated rings. The molecule has 0 aromatic rings. The van der Waals surface area contributed by atoms with Gasteiger partial charge in [-0.05, 0) is 0 Å². The molecule has 0 bridgehead atoms. The Morgan fingerprint density at radius 1 is 1.45 bits per heavy atom. The second kappa shape index (κ2) is 4.29. The minimum atomic E-state index is -1.26. The first-order chi connectivity index (χ1) is 5.11. The molecule has 0 saturated heterocycles. The zero-order valence-electron chi connectivity index (χ0n) is 5.60. The quantitative estimate of drug-likeness (QED) is 0.189. The van der Waals surface area contributed by atoms with Gasteiger partial charge in [0.05, 0.1) is 13.2 Å². The molecule has 0 rings (SSSR count). The Kier molecular flexibility index (Phi) is 3.68. The van der Waals surface area contributed by atoms with E-state index in [0.29, 0.717) is 6.08 Å². The summed E-state index contributed by atoms with van der Waals surface area (Å²) in [5.41, 5.74) is 0. The fourth-order valence-electron chi connectivity index (χ4n) is 0.301. The van der Waals surface area contributed by atoms with Crippen molar-refractivity contribution in [2.45, 2.75) is 0 Å². The molecule has 6 nitrogen and oxygen atoms in total. The van der Waals surface area contributed by atoms with E-state index in [0.717, 1.165) is 7.11 Å². The number of esters is 1. The molecule has 0 aliphatic rings. The van der Waals surface area contributed by atoms with Gasteiger partial charge in [0.1, 0.15) is 0 Å². The minimum absolute atomic E-state index is 0.381. The van der Waals surface area contributed by atoms with Crippen molar-refractivity contribution in [2.75, 3.05) is 7.11 Å². The molecule has 0 atom stereocenters. The van der Waals surface area contributed by atoms with Gasteiger partial charge in [-0.2, -0.15) is 5.26 Å². The molecule has 6 heteroatoms. The van der Waals surface area contributed by atoms with Crippen molar-refractivity contribution in [3.8, 4) is 0 Å². The maximum absolute atomic E-state index is 10.3. The number of hydrogen-bond donors (Lipinski definition) is 2. The third-order valence-corrected chi connectivity index (χ3v) is 0.739. The maximum atomic E-state index is 10.3. The van der Waals surface area contributed by atoms with Gasteiger partial charge in [0, 0.05) is 0 Å². The van der Waals surface area contributed by atoms with Gasteiger partial charge in [-0.15, -0.1) is 0 Å². The van der Waals surface area contributed by atoms with Crippen molar-refractivity contribution in [3.05, 3.63) is 11.8 Å². The first kappa shape index (κ1) is 9.44. The highest BCUT2D eigenvalue weighted by molar-refractivity contribution is 5.94. The molecule has 62 valence electrons. The summed E-state index contributed by atoms with van der Waals surface area (Å²) in [7, 11) is 1.02. The second-order valence-corrected chi connectivity index (χ2v) is 1.43. The van der Waals surface area contributed by atoms with Gasteiger partial charge in [0.2, 0.25) is 5.76 Å². The van der Waals surface area contributed by atoms with Gasteiger partial charge >= 0.3 is 11.9 Å². The van der Waals surface area contributed by atoms with Crippen LogP contribution in [0.1, 0.15) is 0 Å². The van der Waals surface area contributed by atoms with Gasteiger partial charge in [-0.3, -0.25) is 4.89 Å². The molecular formula is C5H6O6. The van der Waals surface area contributed by atoms with Crippen LogP contribution in [0.5, 0.6) is 0 Å². The molecule has 0 aliphatic heterocycles. The summed E-state index contributed by atoms with van der Waals surface area (Å²) < 4.78 is 4.01. The van der Waals surface area contributed by atoms with Crippen LogP contribution in [0, 0.1) is 0 Å². The van der Waals surface area contributed by atoms with Crippen LogP contribution in [0.2, 0.25) is 0 Å².